The summed E-state index contributed by atoms with van der Waals surface area (Å²) >= 11 is 1.36. The number of aromatic nitrogens is 2. The van der Waals surface area contributed by atoms with E-state index in [1.165, 1.54) is 17.5 Å². The molecule has 2 heterocycles. The number of thiazole rings is 1. The van der Waals surface area contributed by atoms with E-state index in [0.29, 0.717) is 16.6 Å². The first kappa shape index (κ1) is 8.06. The van der Waals surface area contributed by atoms with Gasteiger partial charge in [0.25, 0.3) is 5.19 Å². The highest BCUT2D eigenvalue weighted by atomic mass is 32.1. The first-order valence-electron chi connectivity index (χ1n) is 3.51. The molecule has 0 radical (unpaired) electrons. The predicted molar refractivity (Wildman–Crippen MR) is 48.6 cm³/mol. The van der Waals surface area contributed by atoms with Crippen molar-refractivity contribution in [1.29, 1.82) is 0 Å². The quantitative estimate of drug-likeness (QED) is 0.787. The molecule has 0 fully saturated rings. The molecular weight excluding hydrogens is 190 g/mol. The molecule has 5 nitrogen and oxygen atoms in total. The third kappa shape index (κ3) is 1.35. The molecule has 0 aromatic carbocycles. The van der Waals surface area contributed by atoms with Crippen molar-refractivity contribution in [2.75, 3.05) is 12.8 Å². The maximum Gasteiger partial charge on any atom is 0.273 e. The number of anilines is 1. The summed E-state index contributed by atoms with van der Waals surface area (Å²) in [6.45, 7) is 0. The Morgan fingerprint density at radius 2 is 2.38 bits per heavy atom. The molecule has 0 amide bonds. The number of nitrogens with zero attached hydrogens (tertiary/aromatic N) is 2. The zero-order valence-corrected chi connectivity index (χ0v) is 7.67. The lowest BCUT2D eigenvalue weighted by Crippen LogP contribution is -1.81. The molecule has 0 saturated carbocycles. The van der Waals surface area contributed by atoms with Crippen molar-refractivity contribution in [1.82, 2.24) is 10.1 Å². The topological polar surface area (TPSA) is 74.2 Å². The number of ether oxygens (including phenoxy) is 1. The molecular formula is C7H7N3O2S. The lowest BCUT2D eigenvalue weighted by molar-refractivity contribution is 0.412. The van der Waals surface area contributed by atoms with Crippen LogP contribution in [0.3, 0.4) is 0 Å². The summed E-state index contributed by atoms with van der Waals surface area (Å²) in [4.78, 5) is 4.80. The summed E-state index contributed by atoms with van der Waals surface area (Å²) in [7, 11) is 1.56. The first-order chi connectivity index (χ1) is 6.31. The van der Waals surface area contributed by atoms with Crippen LogP contribution in [-0.4, -0.2) is 17.3 Å². The fraction of sp³-hybridized carbons (Fsp3) is 0.143. The van der Waals surface area contributed by atoms with Crippen molar-refractivity contribution in [2.45, 2.75) is 0 Å². The van der Waals surface area contributed by atoms with E-state index in [0.717, 1.165) is 4.88 Å². The average Bonchev–Trinajstić information content (AvgIpc) is 2.71. The molecule has 0 aliphatic heterocycles. The molecule has 2 N–H and O–H groups in total. The Morgan fingerprint density at radius 1 is 1.54 bits per heavy atom. The lowest BCUT2D eigenvalue weighted by atomic mass is 10.4. The molecule has 2 aromatic heterocycles. The smallest absolute Gasteiger partial charge is 0.273 e. The van der Waals surface area contributed by atoms with Crippen LogP contribution < -0.4 is 10.5 Å². The summed E-state index contributed by atoms with van der Waals surface area (Å²) in [5.74, 6) is 0.542. The van der Waals surface area contributed by atoms with Gasteiger partial charge in [0.1, 0.15) is 5.69 Å². The van der Waals surface area contributed by atoms with Crippen LogP contribution in [0.4, 0.5) is 5.69 Å². The molecule has 2 aromatic rings. The van der Waals surface area contributed by atoms with Crippen molar-refractivity contribution in [2.24, 2.45) is 0 Å². The molecule has 0 atom stereocenters. The SMILES string of the molecule is COc1ncc(-c2oncc2N)s1. The molecule has 13 heavy (non-hydrogen) atoms. The first-order valence-corrected chi connectivity index (χ1v) is 4.33. The van der Waals surface area contributed by atoms with Crippen LogP contribution >= 0.6 is 11.3 Å². The van der Waals surface area contributed by atoms with Crippen LogP contribution in [0, 0.1) is 0 Å². The molecule has 0 unspecified atom stereocenters. The van der Waals surface area contributed by atoms with Crippen LogP contribution in [0.15, 0.2) is 16.9 Å². The van der Waals surface area contributed by atoms with Gasteiger partial charge in [0.05, 0.1) is 24.4 Å². The van der Waals surface area contributed by atoms with Crippen LogP contribution in [0.25, 0.3) is 10.6 Å². The van der Waals surface area contributed by atoms with Crippen LogP contribution in [0.1, 0.15) is 0 Å². The van der Waals surface area contributed by atoms with Crippen molar-refractivity contribution < 1.29 is 9.26 Å². The average molecular weight is 197 g/mol. The van der Waals surface area contributed by atoms with E-state index in [1.807, 2.05) is 0 Å². The number of hydrogen-bond donors (Lipinski definition) is 1. The fourth-order valence-electron chi connectivity index (χ4n) is 0.892. The standard InChI is InChI=1S/C7H7N3O2S/c1-11-7-9-3-5(13-7)6-4(8)2-10-12-6/h2-3H,8H2,1H3. The van der Waals surface area contributed by atoms with Gasteiger partial charge in [-0.2, -0.15) is 0 Å². The van der Waals surface area contributed by atoms with Gasteiger partial charge in [-0.05, 0) is 0 Å². The summed E-state index contributed by atoms with van der Waals surface area (Å²) < 4.78 is 9.89. The molecule has 6 heteroatoms. The Balaban J connectivity index is 2.41. The Morgan fingerprint density at radius 3 is 2.92 bits per heavy atom. The van der Waals surface area contributed by atoms with Gasteiger partial charge in [0, 0.05) is 0 Å². The van der Waals surface area contributed by atoms with Gasteiger partial charge in [-0.25, -0.2) is 4.98 Å². The summed E-state index contributed by atoms with van der Waals surface area (Å²) in [6, 6.07) is 0. The normalized spacial score (nSPS) is 10.2. The highest BCUT2D eigenvalue weighted by Gasteiger charge is 2.11. The molecule has 0 aliphatic carbocycles. The maximum absolute atomic E-state index is 5.61. The minimum atomic E-state index is 0.506. The summed E-state index contributed by atoms with van der Waals surface area (Å²) in [6.07, 6.45) is 3.10. The van der Waals surface area contributed by atoms with Crippen molar-refractivity contribution in [3.05, 3.63) is 12.4 Å². The third-order valence-corrected chi connectivity index (χ3v) is 2.44. The molecule has 68 valence electrons. The van der Waals surface area contributed by atoms with Crippen LogP contribution in [0.2, 0.25) is 0 Å². The monoisotopic (exact) mass is 197 g/mol. The number of nitrogens with two attached hydrogens (primary N) is 1. The minimum absolute atomic E-state index is 0.506. The number of methoxy groups -OCH3 is 1. The van der Waals surface area contributed by atoms with E-state index in [4.69, 9.17) is 15.0 Å². The number of nitrogen functional groups attached to an aromatic ring is 1. The highest BCUT2D eigenvalue weighted by molar-refractivity contribution is 7.16. The van der Waals surface area contributed by atoms with E-state index in [1.54, 1.807) is 13.3 Å². The predicted octanol–water partition coefficient (Wildman–Crippen LogP) is 1.39. The van der Waals surface area contributed by atoms with Gasteiger partial charge in [-0.3, -0.25) is 0 Å². The molecule has 0 aliphatic rings. The zero-order valence-electron chi connectivity index (χ0n) is 6.85. The molecule has 0 saturated heterocycles. The zero-order chi connectivity index (χ0) is 9.26. The Bertz CT molecular complexity index is 409. The Hall–Kier alpha value is -1.56. The van der Waals surface area contributed by atoms with Gasteiger partial charge < -0.3 is 15.0 Å². The lowest BCUT2D eigenvalue weighted by Gasteiger charge is -1.89. The van der Waals surface area contributed by atoms with Crippen LogP contribution in [-0.2, 0) is 0 Å². The third-order valence-electron chi connectivity index (χ3n) is 1.48. The molecule has 2 rings (SSSR count). The van der Waals surface area contributed by atoms with E-state index < -0.39 is 0 Å². The second-order valence-electron chi connectivity index (χ2n) is 2.30. The second-order valence-corrected chi connectivity index (χ2v) is 3.30. The number of hydrogen-bond acceptors (Lipinski definition) is 6. The van der Waals surface area contributed by atoms with Crippen LogP contribution in [0.5, 0.6) is 5.19 Å². The minimum Gasteiger partial charge on any atom is -0.473 e. The van der Waals surface area contributed by atoms with E-state index >= 15 is 0 Å². The van der Waals surface area contributed by atoms with Gasteiger partial charge in [-0.1, -0.05) is 16.5 Å². The summed E-state index contributed by atoms with van der Waals surface area (Å²) in [5.41, 5.74) is 6.11. The molecule has 0 bridgehead atoms. The van der Waals surface area contributed by atoms with E-state index in [-0.39, 0.29) is 0 Å². The van der Waals surface area contributed by atoms with Crippen molar-refractivity contribution in [3.8, 4) is 15.8 Å². The van der Waals surface area contributed by atoms with Crippen molar-refractivity contribution in [3.63, 3.8) is 0 Å². The Kier molecular flexibility index (Phi) is 1.90. The van der Waals surface area contributed by atoms with Gasteiger partial charge in [-0.15, -0.1) is 0 Å². The van der Waals surface area contributed by atoms with Gasteiger partial charge in [0.2, 0.25) is 5.76 Å². The fourth-order valence-corrected chi connectivity index (χ4v) is 1.62. The Labute approximate surface area is 78.1 Å². The number of rotatable bonds is 2. The van der Waals surface area contributed by atoms with E-state index in [2.05, 4.69) is 10.1 Å². The summed E-state index contributed by atoms with van der Waals surface area (Å²) in [5, 5.41) is 4.15. The van der Waals surface area contributed by atoms with Crippen molar-refractivity contribution >= 4 is 17.0 Å². The largest absolute Gasteiger partial charge is 0.473 e. The second kappa shape index (κ2) is 3.06. The molecule has 0 spiro atoms. The van der Waals surface area contributed by atoms with Gasteiger partial charge >= 0.3 is 0 Å². The van der Waals surface area contributed by atoms with Gasteiger partial charge in [0.15, 0.2) is 0 Å². The maximum atomic E-state index is 5.61. The highest BCUT2D eigenvalue weighted by Crippen LogP contribution is 2.33. The van der Waals surface area contributed by atoms with E-state index in [9.17, 15) is 0 Å².